The molecule has 4 aliphatic rings. The van der Waals surface area contributed by atoms with Crippen LogP contribution >= 0.6 is 12.0 Å². The Morgan fingerprint density at radius 2 is 1.48 bits per heavy atom. The van der Waals surface area contributed by atoms with Crippen molar-refractivity contribution in [3.63, 3.8) is 0 Å². The van der Waals surface area contributed by atoms with Crippen molar-refractivity contribution in [2.24, 2.45) is 23.2 Å². The third-order valence-electron chi connectivity index (χ3n) is 6.90. The fourth-order valence-corrected chi connectivity index (χ4v) is 5.97. The molecule has 0 aromatic carbocycles. The van der Waals surface area contributed by atoms with Gasteiger partial charge in [0.05, 0.1) is 6.61 Å². The molecule has 4 bridgehead atoms. The Labute approximate surface area is 189 Å². The summed E-state index contributed by atoms with van der Waals surface area (Å²) in [6.07, 6.45) is -6.59. The monoisotopic (exact) mass is 518 g/mol. The highest BCUT2D eigenvalue weighted by Crippen LogP contribution is 2.57. The first kappa shape index (κ1) is 27.2. The molecule has 4 rings (SSSR count). The zero-order valence-corrected chi connectivity index (χ0v) is 18.3. The van der Waals surface area contributed by atoms with Crippen LogP contribution < -0.4 is 0 Å². The highest BCUT2D eigenvalue weighted by Gasteiger charge is 2.69. The maximum atomic E-state index is 13.9. The predicted octanol–water partition coefficient (Wildman–Crippen LogP) is 6.89. The third kappa shape index (κ3) is 6.24. The van der Waals surface area contributed by atoms with E-state index in [0.717, 1.165) is 25.7 Å². The van der Waals surface area contributed by atoms with Gasteiger partial charge in [-0.3, -0.25) is 0 Å². The van der Waals surface area contributed by atoms with Gasteiger partial charge in [0.2, 0.25) is 0 Å². The number of hydrogen-bond acceptors (Lipinski definition) is 6. The van der Waals surface area contributed by atoms with E-state index < -0.39 is 48.3 Å². The summed E-state index contributed by atoms with van der Waals surface area (Å²) in [6.45, 7) is 0.00982. The maximum absolute atomic E-state index is 13.9. The van der Waals surface area contributed by atoms with Crippen LogP contribution in [0.1, 0.15) is 57.8 Å². The number of ether oxygens (including phenoxy) is 2. The highest BCUT2D eigenvalue weighted by molar-refractivity contribution is 7.95. The molecule has 0 radical (unpaired) electrons. The molecule has 2 atom stereocenters. The van der Waals surface area contributed by atoms with Crippen LogP contribution in [0.5, 0.6) is 0 Å². The van der Waals surface area contributed by atoms with E-state index in [0.29, 0.717) is 24.4 Å². The van der Waals surface area contributed by atoms with Crippen molar-refractivity contribution in [1.29, 1.82) is 0 Å². The molecule has 4 aliphatic carbocycles. The molecule has 0 aromatic rings. The molecule has 4 saturated carbocycles. The van der Waals surface area contributed by atoms with E-state index in [9.17, 15) is 35.1 Å². The first-order valence-electron chi connectivity index (χ1n) is 10.7. The van der Waals surface area contributed by atoms with Crippen LogP contribution in [0.15, 0.2) is 0 Å². The molecule has 0 aromatic heterocycles. The van der Waals surface area contributed by atoms with Gasteiger partial charge in [-0.1, -0.05) is 5.04 Å². The van der Waals surface area contributed by atoms with Crippen LogP contribution in [0.4, 0.5) is 35.1 Å². The quantitative estimate of drug-likeness (QED) is 0.0942. The first-order chi connectivity index (χ1) is 15.2. The largest absolute Gasteiger partial charge is 0.436 e. The van der Waals surface area contributed by atoms with Gasteiger partial charge in [-0.2, -0.15) is 35.1 Å². The number of halogens is 8. The summed E-state index contributed by atoms with van der Waals surface area (Å²) in [6, 6.07) is 0. The van der Waals surface area contributed by atoms with Crippen molar-refractivity contribution in [3.8, 4) is 0 Å². The minimum atomic E-state index is -6.07. The molecular weight excluding hydrogens is 492 g/mol. The SMILES string of the molecule is OOOSC(F)(F)C(F)(F)OC(F)(F)C(F)(F)CCCOCC12CCC3CC(CC(C3)C1)C2. The average Bonchev–Trinajstić information content (AvgIpc) is 2.88. The molecule has 0 spiro atoms. The van der Waals surface area contributed by atoms with Crippen molar-refractivity contribution in [2.45, 2.75) is 81.2 Å². The number of rotatable bonds is 13. The lowest BCUT2D eigenvalue weighted by atomic mass is 9.62. The summed E-state index contributed by atoms with van der Waals surface area (Å²) < 4.78 is 119. The van der Waals surface area contributed by atoms with Gasteiger partial charge in [-0.25, -0.2) is 9.99 Å². The van der Waals surface area contributed by atoms with E-state index in [2.05, 4.69) is 14.1 Å². The fourth-order valence-electron chi connectivity index (χ4n) is 5.72. The molecule has 0 saturated heterocycles. The smallest absolute Gasteiger partial charge is 0.381 e. The van der Waals surface area contributed by atoms with Crippen LogP contribution in [0.25, 0.3) is 0 Å². The van der Waals surface area contributed by atoms with Crippen molar-refractivity contribution in [3.05, 3.63) is 0 Å². The molecule has 5 nitrogen and oxygen atoms in total. The summed E-state index contributed by atoms with van der Waals surface area (Å²) >= 11 is -1.59. The lowest BCUT2D eigenvalue weighted by Gasteiger charge is -2.45. The fraction of sp³-hybridized carbons (Fsp3) is 1.00. The second-order valence-electron chi connectivity index (χ2n) is 9.49. The standard InChI is InChI=1S/C19H26F8O5S/c20-16(21,17(22,23)30-18(24,25)19(26,27)33-32-31-28)3-1-5-29-11-15-4-2-12-6-13(9-15)8-14(7-12)10-15/h12-14,28H,1-11H2. The van der Waals surface area contributed by atoms with Gasteiger partial charge in [0.25, 0.3) is 0 Å². The summed E-state index contributed by atoms with van der Waals surface area (Å²) in [5.74, 6) is -3.21. The Morgan fingerprint density at radius 1 is 0.879 bits per heavy atom. The van der Waals surface area contributed by atoms with E-state index in [1.807, 2.05) is 0 Å². The van der Waals surface area contributed by atoms with Crippen LogP contribution in [-0.4, -0.2) is 41.9 Å². The Hall–Kier alpha value is -0.410. The van der Waals surface area contributed by atoms with Crippen molar-refractivity contribution >= 4 is 12.0 Å². The van der Waals surface area contributed by atoms with E-state index in [4.69, 9.17) is 9.99 Å². The molecule has 2 unspecified atom stereocenters. The highest BCUT2D eigenvalue weighted by atomic mass is 32.2. The molecule has 194 valence electrons. The average molecular weight is 518 g/mol. The summed E-state index contributed by atoms with van der Waals surface area (Å²) in [7, 11) is 0. The van der Waals surface area contributed by atoms with E-state index >= 15 is 0 Å². The number of hydrogen-bond donors (Lipinski definition) is 1. The zero-order valence-electron chi connectivity index (χ0n) is 17.5. The Kier molecular flexibility index (Phi) is 8.17. The second-order valence-corrected chi connectivity index (χ2v) is 10.3. The molecular formula is C19H26F8O5S. The second kappa shape index (κ2) is 9.92. The molecule has 33 heavy (non-hydrogen) atoms. The van der Waals surface area contributed by atoms with E-state index in [1.165, 1.54) is 19.3 Å². The van der Waals surface area contributed by atoms with Crippen molar-refractivity contribution in [1.82, 2.24) is 0 Å². The van der Waals surface area contributed by atoms with Gasteiger partial charge in [0, 0.05) is 13.0 Å². The lowest BCUT2D eigenvalue weighted by molar-refractivity contribution is -0.461. The van der Waals surface area contributed by atoms with Crippen molar-refractivity contribution < 1.29 is 59.2 Å². The third-order valence-corrected chi connectivity index (χ3v) is 7.48. The zero-order chi connectivity index (χ0) is 24.5. The van der Waals surface area contributed by atoms with Gasteiger partial charge < -0.3 is 4.74 Å². The van der Waals surface area contributed by atoms with Crippen LogP contribution in [0.3, 0.4) is 0 Å². The van der Waals surface area contributed by atoms with E-state index in [-0.39, 0.29) is 12.0 Å². The normalized spacial score (nSPS) is 30.6. The Bertz CT molecular complexity index is 654. The molecule has 0 amide bonds. The van der Waals surface area contributed by atoms with Crippen LogP contribution in [0.2, 0.25) is 0 Å². The van der Waals surface area contributed by atoms with Crippen molar-refractivity contribution in [2.75, 3.05) is 13.2 Å². The molecule has 4 fully saturated rings. The van der Waals surface area contributed by atoms with Gasteiger partial charge in [-0.05, 0) is 74.5 Å². The molecule has 0 heterocycles. The molecule has 1 N–H and O–H groups in total. The van der Waals surface area contributed by atoms with Crippen LogP contribution in [-0.2, 0) is 18.8 Å². The van der Waals surface area contributed by atoms with Gasteiger partial charge >= 0.3 is 23.4 Å². The first-order valence-corrected chi connectivity index (χ1v) is 11.4. The predicted molar refractivity (Wildman–Crippen MR) is 98.5 cm³/mol. The maximum Gasteiger partial charge on any atom is 0.436 e. The molecule has 0 aliphatic heterocycles. The summed E-state index contributed by atoms with van der Waals surface area (Å²) in [5.41, 5.74) is -0.0416. The summed E-state index contributed by atoms with van der Waals surface area (Å²) in [5, 5.41) is 4.82. The van der Waals surface area contributed by atoms with E-state index in [1.54, 1.807) is 0 Å². The minimum absolute atomic E-state index is 0.0416. The van der Waals surface area contributed by atoms with Gasteiger partial charge in [0.15, 0.2) is 0 Å². The molecule has 14 heteroatoms. The minimum Gasteiger partial charge on any atom is -0.381 e. The van der Waals surface area contributed by atoms with Crippen LogP contribution in [0, 0.1) is 23.2 Å². The topological polar surface area (TPSA) is 57.2 Å². The number of fused-ring (bicyclic) bond motifs is 1. The van der Waals surface area contributed by atoms with Gasteiger partial charge in [-0.15, -0.1) is 4.33 Å². The lowest BCUT2D eigenvalue weighted by Crippen LogP contribution is -2.52. The Morgan fingerprint density at radius 3 is 2.09 bits per heavy atom. The summed E-state index contributed by atoms with van der Waals surface area (Å²) in [4.78, 5) is 0. The Balaban J connectivity index is 1.47. The number of alkyl halides is 8. The van der Waals surface area contributed by atoms with Gasteiger partial charge in [0.1, 0.15) is 12.0 Å².